The predicted octanol–water partition coefficient (Wildman–Crippen LogP) is 3.72. The van der Waals surface area contributed by atoms with Crippen molar-refractivity contribution >= 4 is 39.8 Å². The molecule has 9 nitrogen and oxygen atoms in total. The van der Waals surface area contributed by atoms with Gasteiger partial charge in [0.25, 0.3) is 0 Å². The van der Waals surface area contributed by atoms with Gasteiger partial charge in [-0.1, -0.05) is 24.8 Å². The van der Waals surface area contributed by atoms with Gasteiger partial charge >= 0.3 is 0 Å². The average molecular weight is 482 g/mol. The Morgan fingerprint density at radius 2 is 2.03 bits per heavy atom. The molecule has 1 amide bonds. The van der Waals surface area contributed by atoms with Crippen molar-refractivity contribution in [2.45, 2.75) is 6.04 Å². The largest absolute Gasteiger partial charge is 0.377 e. The van der Waals surface area contributed by atoms with E-state index >= 15 is 0 Å². The maximum atomic E-state index is 11.7. The molecule has 36 heavy (non-hydrogen) atoms. The van der Waals surface area contributed by atoms with Gasteiger partial charge in [0.15, 0.2) is 0 Å². The zero-order valence-electron chi connectivity index (χ0n) is 19.7. The van der Waals surface area contributed by atoms with Crippen molar-refractivity contribution in [3.05, 3.63) is 79.6 Å². The van der Waals surface area contributed by atoms with Crippen molar-refractivity contribution in [3.8, 4) is 11.3 Å². The van der Waals surface area contributed by atoms with E-state index < -0.39 is 0 Å². The molecule has 0 unspecified atom stereocenters. The molecule has 1 aliphatic rings. The number of carbonyl (C=O) groups excluding carboxylic acids is 1. The van der Waals surface area contributed by atoms with Crippen molar-refractivity contribution in [1.82, 2.24) is 15.0 Å². The fraction of sp³-hybridized carbons (Fsp3) is 0.185. The quantitative estimate of drug-likeness (QED) is 0.342. The van der Waals surface area contributed by atoms with E-state index in [-0.39, 0.29) is 11.9 Å². The fourth-order valence-electron chi connectivity index (χ4n) is 4.23. The second-order valence-electron chi connectivity index (χ2n) is 8.39. The van der Waals surface area contributed by atoms with Gasteiger partial charge in [0.2, 0.25) is 11.9 Å². The number of anilines is 4. The van der Waals surface area contributed by atoms with Crippen LogP contribution in [0, 0.1) is 0 Å². The highest BCUT2D eigenvalue weighted by molar-refractivity contribution is 5.99. The Kier molecular flexibility index (Phi) is 6.83. The number of carbonyl (C=O) groups is 1. The molecule has 2 aromatic heterocycles. The number of hydrogen-bond donors (Lipinski definition) is 3. The van der Waals surface area contributed by atoms with Crippen LogP contribution < -0.4 is 21.3 Å². The Balaban J connectivity index is 1.40. The van der Waals surface area contributed by atoms with Crippen LogP contribution in [0.25, 0.3) is 22.2 Å². The van der Waals surface area contributed by atoms with Gasteiger partial charge in [-0.15, -0.1) is 0 Å². The van der Waals surface area contributed by atoms with Crippen LogP contribution in [0.5, 0.6) is 0 Å². The van der Waals surface area contributed by atoms with E-state index in [1.54, 1.807) is 18.5 Å². The molecule has 0 radical (unpaired) electrons. The number of nitrogens with one attached hydrogen (secondary N) is 2. The van der Waals surface area contributed by atoms with Crippen LogP contribution in [0.2, 0.25) is 0 Å². The monoisotopic (exact) mass is 481 g/mol. The molecule has 0 aliphatic carbocycles. The fourth-order valence-corrected chi connectivity index (χ4v) is 4.23. The van der Waals surface area contributed by atoms with E-state index in [9.17, 15) is 4.79 Å². The number of para-hydroxylation sites is 1. The summed E-state index contributed by atoms with van der Waals surface area (Å²) in [4.78, 5) is 27.8. The molecule has 2 aromatic carbocycles. The first kappa shape index (κ1) is 23.4. The van der Waals surface area contributed by atoms with Crippen LogP contribution in [-0.2, 0) is 9.53 Å². The molecule has 1 fully saturated rings. The number of benzene rings is 2. The van der Waals surface area contributed by atoms with Crippen molar-refractivity contribution < 1.29 is 9.53 Å². The van der Waals surface area contributed by atoms with E-state index in [0.717, 1.165) is 34.4 Å². The maximum Gasteiger partial charge on any atom is 0.247 e. The van der Waals surface area contributed by atoms with Crippen molar-refractivity contribution in [2.24, 2.45) is 5.73 Å². The Bertz CT molecular complexity index is 1390. The smallest absolute Gasteiger partial charge is 0.247 e. The third-order valence-electron chi connectivity index (χ3n) is 6.05. The predicted molar refractivity (Wildman–Crippen MR) is 142 cm³/mol. The zero-order chi connectivity index (χ0) is 24.9. The zero-order valence-corrected chi connectivity index (χ0v) is 19.7. The molecule has 1 atom stereocenters. The first-order valence-corrected chi connectivity index (χ1v) is 11.7. The number of hydrogen-bond acceptors (Lipinski definition) is 8. The van der Waals surface area contributed by atoms with E-state index in [2.05, 4.69) is 44.2 Å². The van der Waals surface area contributed by atoms with Crippen LogP contribution in [0.3, 0.4) is 0 Å². The number of fused-ring (bicyclic) bond motifs is 1. The first-order valence-electron chi connectivity index (χ1n) is 11.7. The van der Waals surface area contributed by atoms with E-state index in [1.807, 2.05) is 36.4 Å². The van der Waals surface area contributed by atoms with Gasteiger partial charge in [-0.25, -0.2) is 9.97 Å². The molecule has 3 heterocycles. The minimum absolute atomic E-state index is 0.178. The Morgan fingerprint density at radius 1 is 1.17 bits per heavy atom. The Labute approximate surface area is 209 Å². The molecule has 1 aliphatic heterocycles. The molecule has 5 rings (SSSR count). The first-order chi connectivity index (χ1) is 17.6. The summed E-state index contributed by atoms with van der Waals surface area (Å²) in [6.07, 6.45) is 4.66. The van der Waals surface area contributed by atoms with Crippen LogP contribution >= 0.6 is 0 Å². The molecular weight excluding hydrogens is 454 g/mol. The minimum atomic E-state index is -0.280. The van der Waals surface area contributed by atoms with Gasteiger partial charge in [0, 0.05) is 53.5 Å². The summed E-state index contributed by atoms with van der Waals surface area (Å²) in [6.45, 7) is 6.20. The number of pyridine rings is 1. The highest BCUT2D eigenvalue weighted by atomic mass is 16.5. The number of amides is 1. The van der Waals surface area contributed by atoms with Crippen molar-refractivity contribution in [3.63, 3.8) is 0 Å². The summed E-state index contributed by atoms with van der Waals surface area (Å²) in [6, 6.07) is 17.7. The molecule has 182 valence electrons. The average Bonchev–Trinajstić information content (AvgIpc) is 2.93. The summed E-state index contributed by atoms with van der Waals surface area (Å²) in [5.74, 6) is 0.196. The third-order valence-corrected chi connectivity index (χ3v) is 6.05. The molecule has 4 aromatic rings. The van der Waals surface area contributed by atoms with Gasteiger partial charge in [-0.2, -0.15) is 0 Å². The van der Waals surface area contributed by atoms with Gasteiger partial charge in [0.05, 0.1) is 30.5 Å². The summed E-state index contributed by atoms with van der Waals surface area (Å²) in [7, 11) is 0. The van der Waals surface area contributed by atoms with Crippen LogP contribution in [0.4, 0.5) is 23.0 Å². The molecule has 0 saturated carbocycles. The lowest BCUT2D eigenvalue weighted by Crippen LogP contribution is -2.49. The summed E-state index contributed by atoms with van der Waals surface area (Å²) in [5, 5.41) is 6.95. The van der Waals surface area contributed by atoms with Crippen LogP contribution in [-0.4, -0.2) is 53.2 Å². The number of nitrogens with zero attached hydrogens (tertiary/aromatic N) is 4. The molecule has 0 bridgehead atoms. The number of morpholine rings is 1. The lowest BCUT2D eigenvalue weighted by molar-refractivity contribution is -0.111. The number of aromatic nitrogens is 3. The van der Waals surface area contributed by atoms with Crippen molar-refractivity contribution in [1.29, 1.82) is 0 Å². The highest BCUT2D eigenvalue weighted by Crippen LogP contribution is 2.29. The minimum Gasteiger partial charge on any atom is -0.377 e. The molecule has 9 heteroatoms. The topological polar surface area (TPSA) is 118 Å². The lowest BCUT2D eigenvalue weighted by atomic mass is 10.1. The lowest BCUT2D eigenvalue weighted by Gasteiger charge is -2.36. The molecule has 4 N–H and O–H groups in total. The Morgan fingerprint density at radius 3 is 2.83 bits per heavy atom. The van der Waals surface area contributed by atoms with Crippen LogP contribution in [0.15, 0.2) is 79.6 Å². The van der Waals surface area contributed by atoms with Gasteiger partial charge < -0.3 is 26.0 Å². The SMILES string of the molecule is C=CC(=O)Nc1ccnc(-c2cccc3cnc(Nc4ccc(N5CCOC[C@H]5CN)cc4)nc23)c1. The second kappa shape index (κ2) is 10.5. The van der Waals surface area contributed by atoms with E-state index in [0.29, 0.717) is 37.1 Å². The molecule has 0 spiro atoms. The van der Waals surface area contributed by atoms with E-state index in [4.69, 9.17) is 15.5 Å². The standard InChI is InChI=1S/C27H27N7O2/c1-2-25(35)31-20-10-11-29-24(14-20)23-5-3-4-18-16-30-27(33-26(18)23)32-19-6-8-21(9-7-19)34-12-13-36-17-22(34)15-28/h2-11,14,16,22H,1,12-13,15,17,28H2,(H,29,31,35)(H,30,32,33)/t22-/m1/s1. The highest BCUT2D eigenvalue weighted by Gasteiger charge is 2.21. The molecular formula is C27H27N7O2. The number of rotatable bonds is 7. The van der Waals surface area contributed by atoms with Gasteiger partial charge in [0.1, 0.15) is 0 Å². The summed E-state index contributed by atoms with van der Waals surface area (Å²) in [5.41, 5.74) is 10.8. The van der Waals surface area contributed by atoms with Gasteiger partial charge in [-0.05, 0) is 42.5 Å². The normalized spacial score (nSPS) is 15.5. The third kappa shape index (κ3) is 5.02. The van der Waals surface area contributed by atoms with Crippen molar-refractivity contribution in [2.75, 3.05) is 41.8 Å². The number of nitrogens with two attached hydrogens (primary N) is 1. The number of ether oxygens (including phenoxy) is 1. The van der Waals surface area contributed by atoms with Crippen LogP contribution in [0.1, 0.15) is 0 Å². The molecule has 1 saturated heterocycles. The Hall–Kier alpha value is -4.34. The summed E-state index contributed by atoms with van der Waals surface area (Å²) < 4.78 is 5.56. The van der Waals surface area contributed by atoms with E-state index in [1.165, 1.54) is 6.08 Å². The second-order valence-corrected chi connectivity index (χ2v) is 8.39. The maximum absolute atomic E-state index is 11.7. The van der Waals surface area contributed by atoms with Gasteiger partial charge in [-0.3, -0.25) is 9.78 Å². The summed E-state index contributed by atoms with van der Waals surface area (Å²) >= 11 is 0.